The van der Waals surface area contributed by atoms with Crippen molar-refractivity contribution < 1.29 is 75.0 Å². The number of fused-ring (bicyclic) bond motifs is 1. The number of carbonyl (C=O) groups excluding carboxylic acids is 5. The number of benzene rings is 3. The molecule has 20 nitrogen and oxygen atoms in total. The van der Waals surface area contributed by atoms with E-state index in [4.69, 9.17) is 66.8 Å². The summed E-state index contributed by atoms with van der Waals surface area (Å²) in [6.45, 7) is 8.80. The second kappa shape index (κ2) is 35.2. The number of hydrogen-bond donors (Lipinski definition) is 3. The van der Waals surface area contributed by atoms with Crippen LogP contribution in [0.1, 0.15) is 59.8 Å². The van der Waals surface area contributed by atoms with Gasteiger partial charge in [-0.05, 0) is 85.9 Å². The largest absolute Gasteiger partial charge is 0.454 e. The highest BCUT2D eigenvalue weighted by Gasteiger charge is 2.37. The fraction of sp³-hybridized carbons (Fsp3) is 0.542. The first-order valence-corrected chi connectivity index (χ1v) is 30.3. The number of ether oxygens (including phenoxy) is 8. The Morgan fingerprint density at radius 2 is 1.25 bits per heavy atom. The Morgan fingerprint density at radius 1 is 0.671 bits per heavy atom. The van der Waals surface area contributed by atoms with E-state index in [0.29, 0.717) is 162 Å². The minimum absolute atomic E-state index is 0.133. The summed E-state index contributed by atoms with van der Waals surface area (Å²) in [4.78, 5) is 72.8. The quantitative estimate of drug-likeness (QED) is 0.0320. The first-order chi connectivity index (χ1) is 41.2. The van der Waals surface area contributed by atoms with Crippen LogP contribution in [0, 0.1) is 17.5 Å². The lowest BCUT2D eigenvalue weighted by Gasteiger charge is -2.37. The number of thiophene rings is 1. The molecule has 7 rings (SSSR count). The maximum atomic E-state index is 14.1. The van der Waals surface area contributed by atoms with Gasteiger partial charge in [0, 0.05) is 81.3 Å². The van der Waals surface area contributed by atoms with Crippen LogP contribution in [-0.2, 0) is 65.2 Å². The van der Waals surface area contributed by atoms with Crippen molar-refractivity contribution in [3.05, 3.63) is 103 Å². The van der Waals surface area contributed by atoms with E-state index in [1.54, 1.807) is 25.1 Å². The van der Waals surface area contributed by atoms with Gasteiger partial charge in [0.05, 0.1) is 115 Å². The maximum absolute atomic E-state index is 14.1. The molecule has 3 aromatic carbocycles. The molecule has 3 aliphatic rings. The normalized spacial score (nSPS) is 15.7. The number of carbonyl (C=O) groups is 5. The molecule has 0 bridgehead atoms. The summed E-state index contributed by atoms with van der Waals surface area (Å²) in [6.07, 6.45) is 2.87. The molecule has 466 valence electrons. The zero-order valence-electron chi connectivity index (χ0n) is 47.8. The van der Waals surface area contributed by atoms with Gasteiger partial charge in [-0.25, -0.2) is 13.2 Å². The van der Waals surface area contributed by atoms with Gasteiger partial charge in [0.1, 0.15) is 22.5 Å². The Morgan fingerprint density at radius 3 is 1.86 bits per heavy atom. The lowest BCUT2D eigenvalue weighted by Crippen LogP contribution is -2.50. The van der Waals surface area contributed by atoms with Gasteiger partial charge in [0.15, 0.2) is 17.4 Å². The molecule has 3 heterocycles. The Kier molecular flexibility index (Phi) is 27.7. The van der Waals surface area contributed by atoms with Crippen LogP contribution in [0.3, 0.4) is 0 Å². The van der Waals surface area contributed by atoms with Gasteiger partial charge >= 0.3 is 0 Å². The number of hydrogen-bond acceptors (Lipinski definition) is 16. The van der Waals surface area contributed by atoms with Gasteiger partial charge in [-0.3, -0.25) is 24.0 Å². The number of nitrogens with one attached hydrogen (secondary N) is 2. The number of amides is 5. The molecular weight excluding hydrogens is 1170 g/mol. The minimum atomic E-state index is -1.32. The molecule has 5 amide bonds. The van der Waals surface area contributed by atoms with Crippen LogP contribution in [0.4, 0.5) is 24.5 Å². The minimum Gasteiger partial charge on any atom is -0.454 e. The second-order valence-corrected chi connectivity index (χ2v) is 22.1. The summed E-state index contributed by atoms with van der Waals surface area (Å²) >= 11 is 14.6. The van der Waals surface area contributed by atoms with Crippen molar-refractivity contribution >= 4 is 75.4 Å². The van der Waals surface area contributed by atoms with Crippen LogP contribution >= 0.6 is 34.5 Å². The lowest BCUT2D eigenvalue weighted by molar-refractivity contribution is -0.144. The number of nitrogens with zero attached hydrogens (tertiary/aromatic N) is 4. The number of anilines is 2. The molecule has 2 aliphatic heterocycles. The number of halogens is 5. The van der Waals surface area contributed by atoms with E-state index < -0.39 is 41.3 Å². The van der Waals surface area contributed by atoms with E-state index >= 15 is 0 Å². The van der Waals surface area contributed by atoms with Crippen LogP contribution in [0.15, 0.2) is 60.0 Å². The van der Waals surface area contributed by atoms with Gasteiger partial charge in [-0.15, -0.1) is 11.3 Å². The fourth-order valence-corrected chi connectivity index (χ4v) is 10.8. The molecule has 1 unspecified atom stereocenters. The summed E-state index contributed by atoms with van der Waals surface area (Å²) in [6, 6.07) is 13.0. The predicted octanol–water partition coefficient (Wildman–Crippen LogP) is 6.58. The Bertz CT molecular complexity index is 2820. The van der Waals surface area contributed by atoms with Gasteiger partial charge in [-0.1, -0.05) is 35.3 Å². The number of aryl methyl sites for hydroxylation is 1. The molecule has 0 spiro atoms. The van der Waals surface area contributed by atoms with Crippen molar-refractivity contribution in [2.75, 3.05) is 148 Å². The van der Waals surface area contributed by atoms with E-state index in [1.807, 2.05) is 28.5 Å². The summed E-state index contributed by atoms with van der Waals surface area (Å²) in [5.41, 5.74) is 8.56. The summed E-state index contributed by atoms with van der Waals surface area (Å²) in [7, 11) is 0. The Balaban J connectivity index is 0.608. The standard InChI is InChI=1S/C59H76Cl2F3N7O13S/c1-40-58(75)68(14-4-15-69(40)56(74)36-43(65)33-42-35-48(63)49(64)38-47(42)62)39-55(73)67-13-19-78-21-23-80-25-27-82-29-31-83-30-28-81-26-24-79-22-20-77-18-12-66-54(72)10-7-41-34-46(61)53(37-45(41)60)84-52-11-32-85-57(52)59(76)71-17-16-70(44-8-9-44)50-5-2-3-6-51(50)71/h2-3,5-6,11,32,34-35,37-38,40,43-44H,4,7-10,12-31,33,36,39,65H2,1H3,(H,66,72)(H,67,73)/t40?,43-/m1/s1. The fourth-order valence-electron chi connectivity index (χ4n) is 9.53. The van der Waals surface area contributed by atoms with E-state index in [0.717, 1.165) is 17.9 Å². The van der Waals surface area contributed by atoms with E-state index in [2.05, 4.69) is 21.6 Å². The van der Waals surface area contributed by atoms with Crippen molar-refractivity contribution in [1.82, 2.24) is 20.4 Å². The smallest absolute Gasteiger partial charge is 0.272 e. The van der Waals surface area contributed by atoms with Crippen LogP contribution < -0.4 is 30.9 Å². The van der Waals surface area contributed by atoms with E-state index in [1.165, 1.54) is 34.0 Å². The van der Waals surface area contributed by atoms with Crippen molar-refractivity contribution in [3.8, 4) is 11.5 Å². The highest BCUT2D eigenvalue weighted by atomic mass is 35.5. The molecular formula is C59H76Cl2F3N7O13S. The van der Waals surface area contributed by atoms with Gasteiger partial charge in [-0.2, -0.15) is 0 Å². The van der Waals surface area contributed by atoms with Crippen LogP contribution in [-0.4, -0.2) is 196 Å². The summed E-state index contributed by atoms with van der Waals surface area (Å²) < 4.78 is 85.9. The molecule has 4 aromatic rings. The Hall–Kier alpha value is -5.64. The molecule has 0 radical (unpaired) electrons. The maximum Gasteiger partial charge on any atom is 0.272 e. The van der Waals surface area contributed by atoms with Crippen molar-refractivity contribution in [1.29, 1.82) is 0 Å². The lowest BCUT2D eigenvalue weighted by atomic mass is 10.0. The molecule has 2 atom stereocenters. The molecule has 1 saturated heterocycles. The average molecular weight is 1250 g/mol. The van der Waals surface area contributed by atoms with Crippen molar-refractivity contribution in [2.24, 2.45) is 5.73 Å². The number of para-hydroxylation sites is 2. The second-order valence-electron chi connectivity index (χ2n) is 20.3. The van der Waals surface area contributed by atoms with Crippen LogP contribution in [0.25, 0.3) is 0 Å². The van der Waals surface area contributed by atoms with Crippen molar-refractivity contribution in [3.63, 3.8) is 0 Å². The molecule has 85 heavy (non-hydrogen) atoms. The SMILES string of the molecule is CC1C(=O)N(CC(=O)NCCOCCOCCOCCOCCOCCOCCOCCNC(=O)CCc2cc(Cl)c(Oc3ccsc3C(=O)N3CCN(C4CC4)c4ccccc43)cc2Cl)CCCN1C(=O)C[C@H](N)Cc1cc(F)c(F)cc1F. The average Bonchev–Trinajstić information content (AvgIpc) is 2.51. The topological polar surface area (TPSA) is 222 Å². The number of rotatable bonds is 37. The first-order valence-electron chi connectivity index (χ1n) is 28.6. The molecule has 2 fully saturated rings. The molecule has 1 aliphatic carbocycles. The van der Waals surface area contributed by atoms with Crippen LogP contribution in [0.5, 0.6) is 11.5 Å². The molecule has 1 aromatic heterocycles. The zero-order valence-corrected chi connectivity index (χ0v) is 50.1. The third-order valence-electron chi connectivity index (χ3n) is 14.0. The van der Waals surface area contributed by atoms with E-state index in [-0.39, 0.29) is 75.3 Å². The highest BCUT2D eigenvalue weighted by Crippen LogP contribution is 2.43. The monoisotopic (exact) mass is 1250 g/mol. The summed E-state index contributed by atoms with van der Waals surface area (Å²) in [5.74, 6) is -4.31. The third kappa shape index (κ3) is 21.3. The summed E-state index contributed by atoms with van der Waals surface area (Å²) in [5, 5.41) is 8.10. The van der Waals surface area contributed by atoms with Crippen molar-refractivity contribution in [2.45, 2.75) is 70.0 Å². The highest BCUT2D eigenvalue weighted by molar-refractivity contribution is 7.12. The molecule has 4 N–H and O–H groups in total. The zero-order chi connectivity index (χ0) is 60.5. The molecule has 1 saturated carbocycles. The van der Waals surface area contributed by atoms with E-state index in [9.17, 15) is 37.1 Å². The van der Waals surface area contributed by atoms with Gasteiger partial charge < -0.3 is 73.9 Å². The van der Waals surface area contributed by atoms with Crippen LogP contribution in [0.2, 0.25) is 10.0 Å². The van der Waals surface area contributed by atoms with Gasteiger partial charge in [0.25, 0.3) is 5.91 Å². The molecule has 26 heteroatoms. The third-order valence-corrected chi connectivity index (χ3v) is 15.6. The number of nitrogens with two attached hydrogens (primary N) is 1. The Labute approximate surface area is 507 Å². The predicted molar refractivity (Wildman–Crippen MR) is 314 cm³/mol. The first kappa shape index (κ1) is 66.9. The van der Waals surface area contributed by atoms with Gasteiger partial charge in [0.2, 0.25) is 23.6 Å².